The first-order valence-electron chi connectivity index (χ1n) is 9.85. The molecule has 6 nitrogen and oxygen atoms in total. The molecule has 0 spiro atoms. The van der Waals surface area contributed by atoms with E-state index in [1.54, 1.807) is 0 Å². The molecule has 3 rings (SSSR count). The minimum absolute atomic E-state index is 0.0194. The van der Waals surface area contributed by atoms with E-state index < -0.39 is 12.1 Å². The monoisotopic (exact) mass is 396 g/mol. The van der Waals surface area contributed by atoms with E-state index in [0.29, 0.717) is 6.42 Å². The van der Waals surface area contributed by atoms with Crippen molar-refractivity contribution in [2.24, 2.45) is 5.92 Å². The second kappa shape index (κ2) is 9.09. The SMILES string of the molecule is CON(C)C(=O)[C@H](CC(C)C)NC(=O)OCC1c2ccccc2-c2ccccc21. The third-order valence-electron chi connectivity index (χ3n) is 5.23. The zero-order valence-corrected chi connectivity index (χ0v) is 17.3. The summed E-state index contributed by atoms with van der Waals surface area (Å²) in [6.45, 7) is 4.20. The molecule has 0 aromatic heterocycles. The Balaban J connectivity index is 1.69. The number of rotatable bonds is 7. The van der Waals surface area contributed by atoms with Gasteiger partial charge in [-0.05, 0) is 34.6 Å². The second-order valence-electron chi connectivity index (χ2n) is 7.67. The number of likely N-dealkylation sites (N-methyl/N-ethyl adjacent to an activating group) is 1. The molecular formula is C23H28N2O4. The smallest absolute Gasteiger partial charge is 0.407 e. The van der Waals surface area contributed by atoms with Gasteiger partial charge in [0.05, 0.1) is 7.11 Å². The van der Waals surface area contributed by atoms with Crippen molar-refractivity contribution in [1.82, 2.24) is 10.4 Å². The zero-order valence-electron chi connectivity index (χ0n) is 17.3. The van der Waals surface area contributed by atoms with Crippen molar-refractivity contribution in [3.05, 3.63) is 59.7 Å². The van der Waals surface area contributed by atoms with Gasteiger partial charge in [-0.15, -0.1) is 0 Å². The fourth-order valence-electron chi connectivity index (χ4n) is 3.78. The zero-order chi connectivity index (χ0) is 21.0. The fraction of sp³-hybridized carbons (Fsp3) is 0.391. The molecule has 1 aliphatic carbocycles. The molecule has 2 aromatic carbocycles. The summed E-state index contributed by atoms with van der Waals surface area (Å²) in [5, 5.41) is 3.82. The van der Waals surface area contributed by atoms with Crippen LogP contribution in [-0.4, -0.2) is 43.9 Å². The Kier molecular flexibility index (Phi) is 6.54. The number of carbonyl (C=O) groups excluding carboxylic acids is 2. The third kappa shape index (κ3) is 4.59. The largest absolute Gasteiger partial charge is 0.449 e. The molecule has 2 amide bonds. The number of ether oxygens (including phenoxy) is 1. The van der Waals surface area contributed by atoms with Crippen LogP contribution in [0, 0.1) is 5.92 Å². The van der Waals surface area contributed by atoms with Crippen molar-refractivity contribution in [1.29, 1.82) is 0 Å². The van der Waals surface area contributed by atoms with Gasteiger partial charge in [-0.25, -0.2) is 9.86 Å². The molecule has 29 heavy (non-hydrogen) atoms. The van der Waals surface area contributed by atoms with Gasteiger partial charge in [-0.3, -0.25) is 9.63 Å². The maximum absolute atomic E-state index is 12.5. The lowest BCUT2D eigenvalue weighted by Gasteiger charge is -2.24. The number of nitrogens with zero attached hydrogens (tertiary/aromatic N) is 1. The van der Waals surface area contributed by atoms with Crippen LogP contribution in [0.4, 0.5) is 4.79 Å². The van der Waals surface area contributed by atoms with E-state index in [1.807, 2.05) is 38.1 Å². The van der Waals surface area contributed by atoms with Crippen LogP contribution >= 0.6 is 0 Å². The number of hydrogen-bond donors (Lipinski definition) is 1. The van der Waals surface area contributed by atoms with Crippen molar-refractivity contribution in [2.75, 3.05) is 20.8 Å². The van der Waals surface area contributed by atoms with E-state index in [0.717, 1.165) is 16.2 Å². The Morgan fingerprint density at radius 1 is 1.03 bits per heavy atom. The van der Waals surface area contributed by atoms with Gasteiger partial charge in [0, 0.05) is 13.0 Å². The van der Waals surface area contributed by atoms with Crippen LogP contribution in [0.15, 0.2) is 48.5 Å². The van der Waals surface area contributed by atoms with Crippen molar-refractivity contribution in [2.45, 2.75) is 32.2 Å². The van der Waals surface area contributed by atoms with Crippen molar-refractivity contribution in [3.8, 4) is 11.1 Å². The highest BCUT2D eigenvalue weighted by atomic mass is 16.7. The minimum Gasteiger partial charge on any atom is -0.449 e. The normalized spacial score (nSPS) is 13.6. The molecule has 2 aromatic rings. The lowest BCUT2D eigenvalue weighted by molar-refractivity contribution is -0.171. The summed E-state index contributed by atoms with van der Waals surface area (Å²) in [6.07, 6.45) is -0.105. The van der Waals surface area contributed by atoms with Gasteiger partial charge in [0.1, 0.15) is 12.6 Å². The van der Waals surface area contributed by atoms with E-state index in [1.165, 1.54) is 25.3 Å². The topological polar surface area (TPSA) is 67.9 Å². The Labute approximate surface area is 171 Å². The molecule has 0 saturated carbocycles. The van der Waals surface area contributed by atoms with Crippen LogP contribution in [0.2, 0.25) is 0 Å². The highest BCUT2D eigenvalue weighted by Gasteiger charge is 2.30. The summed E-state index contributed by atoms with van der Waals surface area (Å²) < 4.78 is 5.55. The lowest BCUT2D eigenvalue weighted by atomic mass is 9.98. The van der Waals surface area contributed by atoms with Crippen LogP contribution in [0.1, 0.15) is 37.3 Å². The van der Waals surface area contributed by atoms with Crippen molar-refractivity contribution >= 4 is 12.0 Å². The number of amides is 2. The maximum atomic E-state index is 12.5. The summed E-state index contributed by atoms with van der Waals surface area (Å²) in [5.41, 5.74) is 4.64. The quantitative estimate of drug-likeness (QED) is 0.720. The summed E-state index contributed by atoms with van der Waals surface area (Å²) in [6, 6.07) is 15.6. The van der Waals surface area contributed by atoms with E-state index in [9.17, 15) is 9.59 Å². The molecule has 0 unspecified atom stereocenters. The second-order valence-corrected chi connectivity index (χ2v) is 7.67. The van der Waals surface area contributed by atoms with Gasteiger partial charge < -0.3 is 10.1 Å². The summed E-state index contributed by atoms with van der Waals surface area (Å²) in [4.78, 5) is 29.9. The highest BCUT2D eigenvalue weighted by Crippen LogP contribution is 2.44. The Hall–Kier alpha value is -2.86. The van der Waals surface area contributed by atoms with Crippen LogP contribution in [0.3, 0.4) is 0 Å². The average molecular weight is 396 g/mol. The molecule has 1 N–H and O–H groups in total. The number of carbonyl (C=O) groups is 2. The van der Waals surface area contributed by atoms with Gasteiger partial charge >= 0.3 is 6.09 Å². The number of nitrogens with one attached hydrogen (secondary N) is 1. The van der Waals surface area contributed by atoms with Gasteiger partial charge in [0.15, 0.2) is 0 Å². The van der Waals surface area contributed by atoms with E-state index in [2.05, 4.69) is 29.6 Å². The summed E-state index contributed by atoms with van der Waals surface area (Å²) in [5.74, 6) is -0.105. The molecule has 0 heterocycles. The average Bonchev–Trinajstić information content (AvgIpc) is 3.04. The number of alkyl carbamates (subject to hydrolysis) is 1. The molecule has 154 valence electrons. The summed E-state index contributed by atoms with van der Waals surface area (Å²) >= 11 is 0. The molecular weight excluding hydrogens is 368 g/mol. The van der Waals surface area contributed by atoms with Crippen LogP contribution < -0.4 is 5.32 Å². The molecule has 0 aliphatic heterocycles. The maximum Gasteiger partial charge on any atom is 0.407 e. The first kappa shape index (κ1) is 20.9. The first-order chi connectivity index (χ1) is 13.9. The molecule has 0 fully saturated rings. The molecule has 0 saturated heterocycles. The van der Waals surface area contributed by atoms with Crippen LogP contribution in [0.5, 0.6) is 0 Å². The number of hydroxylamine groups is 2. The van der Waals surface area contributed by atoms with E-state index >= 15 is 0 Å². The van der Waals surface area contributed by atoms with E-state index in [4.69, 9.17) is 9.57 Å². The Bertz CT molecular complexity index is 835. The third-order valence-corrected chi connectivity index (χ3v) is 5.23. The highest BCUT2D eigenvalue weighted by molar-refractivity contribution is 5.85. The Morgan fingerprint density at radius 2 is 1.59 bits per heavy atom. The summed E-state index contributed by atoms with van der Waals surface area (Å²) in [7, 11) is 2.94. The molecule has 1 atom stereocenters. The minimum atomic E-state index is -0.699. The van der Waals surface area contributed by atoms with E-state index in [-0.39, 0.29) is 24.3 Å². The molecule has 0 radical (unpaired) electrons. The predicted octanol–water partition coefficient (Wildman–Crippen LogP) is 3.96. The number of hydrogen-bond acceptors (Lipinski definition) is 4. The molecule has 6 heteroatoms. The standard InChI is InChI=1S/C23H28N2O4/c1-15(2)13-21(22(26)25(3)28-4)24-23(27)29-14-20-18-11-7-5-9-16(18)17-10-6-8-12-19(17)20/h5-12,15,20-21H,13-14H2,1-4H3,(H,24,27)/t21-/m0/s1. The lowest BCUT2D eigenvalue weighted by Crippen LogP contribution is -2.48. The van der Waals surface area contributed by atoms with Gasteiger partial charge in [-0.2, -0.15) is 0 Å². The first-order valence-corrected chi connectivity index (χ1v) is 9.85. The van der Waals surface area contributed by atoms with Gasteiger partial charge in [0.2, 0.25) is 0 Å². The molecule has 0 bridgehead atoms. The Morgan fingerprint density at radius 3 is 2.10 bits per heavy atom. The molecule has 1 aliphatic rings. The predicted molar refractivity (Wildman–Crippen MR) is 111 cm³/mol. The fourth-order valence-corrected chi connectivity index (χ4v) is 3.78. The van der Waals surface area contributed by atoms with Gasteiger partial charge in [0.25, 0.3) is 5.91 Å². The number of fused-ring (bicyclic) bond motifs is 3. The van der Waals surface area contributed by atoms with Crippen LogP contribution in [0.25, 0.3) is 11.1 Å². The van der Waals surface area contributed by atoms with Crippen molar-refractivity contribution < 1.29 is 19.2 Å². The van der Waals surface area contributed by atoms with Crippen LogP contribution in [-0.2, 0) is 14.4 Å². The van der Waals surface area contributed by atoms with Gasteiger partial charge in [-0.1, -0.05) is 62.4 Å². The van der Waals surface area contributed by atoms with Crippen molar-refractivity contribution in [3.63, 3.8) is 0 Å². The number of benzene rings is 2.